The van der Waals surface area contributed by atoms with Crippen molar-refractivity contribution in [2.45, 2.75) is 12.8 Å². The first-order chi connectivity index (χ1) is 15.6. The van der Waals surface area contributed by atoms with Gasteiger partial charge in [0.1, 0.15) is 0 Å². The van der Waals surface area contributed by atoms with Gasteiger partial charge in [-0.1, -0.05) is 48.0 Å². The van der Waals surface area contributed by atoms with Crippen molar-refractivity contribution in [1.82, 2.24) is 10.6 Å². The van der Waals surface area contributed by atoms with Crippen molar-refractivity contribution in [3.63, 3.8) is 0 Å². The normalized spacial score (nSPS) is 10.4. The van der Waals surface area contributed by atoms with E-state index >= 15 is 0 Å². The molecule has 3 aromatic carbocycles. The van der Waals surface area contributed by atoms with Gasteiger partial charge in [-0.15, -0.1) is 0 Å². The van der Waals surface area contributed by atoms with E-state index in [0.717, 1.165) is 31.6 Å². The molecule has 0 unspecified atom stereocenters. The molecule has 0 aromatic heterocycles. The molecule has 0 bridgehead atoms. The number of hydrogen-bond donors (Lipinski definition) is 2. The second-order valence-electron chi connectivity index (χ2n) is 7.41. The van der Waals surface area contributed by atoms with Crippen molar-refractivity contribution < 1.29 is 9.59 Å². The molecular formula is C26H28ClN3O2. The van der Waals surface area contributed by atoms with Crippen LogP contribution in [-0.2, 0) is 0 Å². The van der Waals surface area contributed by atoms with Crippen molar-refractivity contribution in [2.24, 2.45) is 0 Å². The average Bonchev–Trinajstić information content (AvgIpc) is 2.84. The van der Waals surface area contributed by atoms with Crippen LogP contribution in [0.1, 0.15) is 33.6 Å². The minimum absolute atomic E-state index is 0.0627. The van der Waals surface area contributed by atoms with Crippen molar-refractivity contribution in [3.8, 4) is 0 Å². The first-order valence-electron chi connectivity index (χ1n) is 10.8. The molecule has 0 atom stereocenters. The molecule has 32 heavy (non-hydrogen) atoms. The van der Waals surface area contributed by atoms with Crippen molar-refractivity contribution >= 4 is 29.1 Å². The summed E-state index contributed by atoms with van der Waals surface area (Å²) in [7, 11) is 0. The highest BCUT2D eigenvalue weighted by Gasteiger charge is 2.09. The first kappa shape index (κ1) is 23.4. The van der Waals surface area contributed by atoms with Crippen LogP contribution in [0, 0.1) is 0 Å². The maximum absolute atomic E-state index is 12.2. The number of nitrogens with zero attached hydrogens (tertiary/aromatic N) is 1. The summed E-state index contributed by atoms with van der Waals surface area (Å²) >= 11 is 6.04. The molecule has 6 heteroatoms. The number of carbonyl (C=O) groups excluding carboxylic acids is 2. The number of hydrogen-bond acceptors (Lipinski definition) is 3. The number of carbonyl (C=O) groups is 2. The molecule has 5 nitrogen and oxygen atoms in total. The molecule has 0 spiro atoms. The summed E-state index contributed by atoms with van der Waals surface area (Å²) in [5, 5.41) is 6.64. The van der Waals surface area contributed by atoms with E-state index in [2.05, 4.69) is 15.5 Å². The predicted octanol–water partition coefficient (Wildman–Crippen LogP) is 4.79. The number of amides is 2. The van der Waals surface area contributed by atoms with Gasteiger partial charge in [0, 0.05) is 48.0 Å². The maximum atomic E-state index is 12.2. The zero-order chi connectivity index (χ0) is 22.6. The lowest BCUT2D eigenvalue weighted by Gasteiger charge is -2.25. The van der Waals surface area contributed by atoms with E-state index in [0.29, 0.717) is 29.2 Å². The summed E-state index contributed by atoms with van der Waals surface area (Å²) in [4.78, 5) is 26.7. The Labute approximate surface area is 194 Å². The van der Waals surface area contributed by atoms with Crippen LogP contribution in [0.15, 0.2) is 84.9 Å². The third kappa shape index (κ3) is 7.43. The van der Waals surface area contributed by atoms with Gasteiger partial charge in [0.25, 0.3) is 11.8 Å². The highest BCUT2D eigenvalue weighted by atomic mass is 35.5. The molecule has 0 fully saturated rings. The summed E-state index contributed by atoms with van der Waals surface area (Å²) in [6.45, 7) is 2.73. The van der Waals surface area contributed by atoms with E-state index in [-0.39, 0.29) is 11.8 Å². The van der Waals surface area contributed by atoms with Crippen LogP contribution < -0.4 is 15.5 Å². The van der Waals surface area contributed by atoms with Crippen molar-refractivity contribution in [2.75, 3.05) is 31.1 Å². The smallest absolute Gasteiger partial charge is 0.251 e. The Morgan fingerprint density at radius 3 is 1.53 bits per heavy atom. The van der Waals surface area contributed by atoms with E-state index in [4.69, 9.17) is 11.6 Å². The van der Waals surface area contributed by atoms with Gasteiger partial charge in [0.15, 0.2) is 0 Å². The summed E-state index contributed by atoms with van der Waals surface area (Å²) in [5.74, 6) is -0.125. The summed E-state index contributed by atoms with van der Waals surface area (Å²) in [6.07, 6.45) is 1.61. The van der Waals surface area contributed by atoms with Gasteiger partial charge in [0.05, 0.1) is 0 Å². The fraction of sp³-hybridized carbons (Fsp3) is 0.231. The average molecular weight is 450 g/mol. The van der Waals surface area contributed by atoms with Crippen LogP contribution in [0.25, 0.3) is 0 Å². The minimum Gasteiger partial charge on any atom is -0.371 e. The lowest BCUT2D eigenvalue weighted by Crippen LogP contribution is -2.32. The van der Waals surface area contributed by atoms with Crippen LogP contribution in [0.2, 0.25) is 5.02 Å². The molecule has 3 rings (SSSR count). The number of halogens is 1. The quantitative estimate of drug-likeness (QED) is 0.414. The Bertz CT molecular complexity index is 919. The van der Waals surface area contributed by atoms with E-state index in [1.54, 1.807) is 24.3 Å². The topological polar surface area (TPSA) is 61.4 Å². The molecule has 0 aliphatic heterocycles. The Morgan fingerprint density at radius 1 is 0.656 bits per heavy atom. The van der Waals surface area contributed by atoms with Gasteiger partial charge < -0.3 is 15.5 Å². The second kappa shape index (κ2) is 12.5. The van der Waals surface area contributed by atoms with Crippen molar-refractivity contribution in [3.05, 3.63) is 101 Å². The van der Waals surface area contributed by atoms with Gasteiger partial charge in [-0.05, 0) is 61.4 Å². The van der Waals surface area contributed by atoms with Gasteiger partial charge >= 0.3 is 0 Å². The number of anilines is 1. The highest BCUT2D eigenvalue weighted by Crippen LogP contribution is 2.18. The summed E-state index contributed by atoms with van der Waals surface area (Å²) in [5.41, 5.74) is 2.39. The minimum atomic E-state index is -0.0627. The number of rotatable bonds is 11. The second-order valence-corrected chi connectivity index (χ2v) is 7.85. The SMILES string of the molecule is O=C(NCCCN(CCCNC(=O)c1ccccc1)c1ccc(Cl)cc1)c1ccccc1. The molecule has 0 saturated heterocycles. The zero-order valence-corrected chi connectivity index (χ0v) is 18.7. The largest absolute Gasteiger partial charge is 0.371 e. The molecule has 0 radical (unpaired) electrons. The third-order valence-electron chi connectivity index (χ3n) is 5.04. The van der Waals surface area contributed by atoms with Crippen LogP contribution in [0.4, 0.5) is 5.69 Å². The Hall–Kier alpha value is -3.31. The Balaban J connectivity index is 1.47. The fourth-order valence-electron chi connectivity index (χ4n) is 3.35. The van der Waals surface area contributed by atoms with E-state index in [9.17, 15) is 9.59 Å². The van der Waals surface area contributed by atoms with Gasteiger partial charge in [0.2, 0.25) is 0 Å². The molecule has 0 heterocycles. The van der Waals surface area contributed by atoms with Gasteiger partial charge in [-0.3, -0.25) is 9.59 Å². The molecule has 2 N–H and O–H groups in total. The Kier molecular flexibility index (Phi) is 9.14. The maximum Gasteiger partial charge on any atom is 0.251 e. The van der Waals surface area contributed by atoms with Crippen molar-refractivity contribution in [1.29, 1.82) is 0 Å². The lowest BCUT2D eigenvalue weighted by atomic mass is 10.2. The van der Waals surface area contributed by atoms with E-state index in [1.165, 1.54) is 0 Å². The molecular weight excluding hydrogens is 422 g/mol. The van der Waals surface area contributed by atoms with Crippen LogP contribution in [0.3, 0.4) is 0 Å². The molecule has 0 saturated carbocycles. The van der Waals surface area contributed by atoms with E-state index < -0.39 is 0 Å². The molecule has 166 valence electrons. The first-order valence-corrected chi connectivity index (χ1v) is 11.2. The van der Waals surface area contributed by atoms with E-state index in [1.807, 2.05) is 60.7 Å². The lowest BCUT2D eigenvalue weighted by molar-refractivity contribution is 0.0945. The van der Waals surface area contributed by atoms with Gasteiger partial charge in [-0.2, -0.15) is 0 Å². The number of benzene rings is 3. The fourth-order valence-corrected chi connectivity index (χ4v) is 3.47. The predicted molar refractivity (Wildman–Crippen MR) is 130 cm³/mol. The summed E-state index contributed by atoms with van der Waals surface area (Å²) in [6, 6.07) is 26.2. The monoisotopic (exact) mass is 449 g/mol. The highest BCUT2D eigenvalue weighted by molar-refractivity contribution is 6.30. The van der Waals surface area contributed by atoms with Crippen LogP contribution in [0.5, 0.6) is 0 Å². The summed E-state index contributed by atoms with van der Waals surface area (Å²) < 4.78 is 0. The molecule has 0 aliphatic carbocycles. The Morgan fingerprint density at radius 2 is 1.09 bits per heavy atom. The third-order valence-corrected chi connectivity index (χ3v) is 5.30. The van der Waals surface area contributed by atoms with Gasteiger partial charge in [-0.25, -0.2) is 0 Å². The number of nitrogens with one attached hydrogen (secondary N) is 2. The standard InChI is InChI=1S/C26H28ClN3O2/c27-23-13-15-24(16-14-23)30(19-7-17-28-25(31)21-9-3-1-4-10-21)20-8-18-29-26(32)22-11-5-2-6-12-22/h1-6,9-16H,7-8,17-20H2,(H,28,31)(H,29,32). The van der Waals surface area contributed by atoms with Crippen LogP contribution >= 0.6 is 11.6 Å². The van der Waals surface area contributed by atoms with Crippen LogP contribution in [-0.4, -0.2) is 38.0 Å². The molecule has 3 aromatic rings. The zero-order valence-electron chi connectivity index (χ0n) is 18.0. The molecule has 2 amide bonds. The molecule has 0 aliphatic rings.